The number of methoxy groups -OCH3 is 1. The van der Waals surface area contributed by atoms with Crippen molar-refractivity contribution in [1.82, 2.24) is 15.1 Å². The molecule has 7 nitrogen and oxygen atoms in total. The predicted octanol–water partition coefficient (Wildman–Crippen LogP) is 1.80. The molecule has 1 aromatic heterocycles. The third-order valence-corrected chi connectivity index (χ3v) is 5.62. The number of ether oxygens (including phenoxy) is 1. The summed E-state index contributed by atoms with van der Waals surface area (Å²) < 4.78 is 5.09. The van der Waals surface area contributed by atoms with E-state index in [1.165, 1.54) is 5.56 Å². The standard InChI is InChI=1S/C20H26N4O3S/c1-23-8-10-24(11-9-23)18(15-7-12-28-14-15)13-21-19(25)20(26)22-16-3-5-17(27-2)6-4-16/h3-7,12,14,18H,8-11,13H2,1-2H3,(H,21,25)(H,22,26)/t18-/m0/s1. The molecular weight excluding hydrogens is 376 g/mol. The molecule has 2 amide bonds. The Morgan fingerprint density at radius 3 is 2.43 bits per heavy atom. The van der Waals surface area contributed by atoms with Gasteiger partial charge in [-0.3, -0.25) is 14.5 Å². The zero-order valence-electron chi connectivity index (χ0n) is 16.2. The number of carbonyl (C=O) groups is 2. The minimum Gasteiger partial charge on any atom is -0.497 e. The van der Waals surface area contributed by atoms with Gasteiger partial charge < -0.3 is 20.3 Å². The molecule has 0 radical (unpaired) electrons. The van der Waals surface area contributed by atoms with E-state index in [1.807, 2.05) is 5.38 Å². The lowest BCUT2D eigenvalue weighted by molar-refractivity contribution is -0.136. The van der Waals surface area contributed by atoms with E-state index in [4.69, 9.17) is 4.74 Å². The quantitative estimate of drug-likeness (QED) is 0.721. The van der Waals surface area contributed by atoms with E-state index in [0.29, 0.717) is 18.0 Å². The number of benzene rings is 1. The van der Waals surface area contributed by atoms with Crippen molar-refractivity contribution in [2.45, 2.75) is 6.04 Å². The maximum absolute atomic E-state index is 12.3. The van der Waals surface area contributed by atoms with Gasteiger partial charge in [-0.25, -0.2) is 0 Å². The zero-order chi connectivity index (χ0) is 19.9. The number of piperazine rings is 1. The van der Waals surface area contributed by atoms with Crippen molar-refractivity contribution in [3.63, 3.8) is 0 Å². The maximum atomic E-state index is 12.3. The fourth-order valence-corrected chi connectivity index (χ4v) is 3.89. The van der Waals surface area contributed by atoms with Gasteiger partial charge in [-0.2, -0.15) is 11.3 Å². The Kier molecular flexibility index (Phi) is 7.02. The third kappa shape index (κ3) is 5.31. The number of amides is 2. The van der Waals surface area contributed by atoms with Crippen LogP contribution in [0.1, 0.15) is 11.6 Å². The van der Waals surface area contributed by atoms with Gasteiger partial charge in [0.15, 0.2) is 0 Å². The number of carbonyl (C=O) groups excluding carboxylic acids is 2. The Hall–Kier alpha value is -2.42. The summed E-state index contributed by atoms with van der Waals surface area (Å²) in [6, 6.07) is 9.00. The minimum absolute atomic E-state index is 0.0673. The molecule has 1 aliphatic rings. The fourth-order valence-electron chi connectivity index (χ4n) is 3.19. The molecule has 28 heavy (non-hydrogen) atoms. The van der Waals surface area contributed by atoms with Gasteiger partial charge in [0, 0.05) is 38.4 Å². The molecule has 0 bridgehead atoms. The number of likely N-dealkylation sites (N-methyl/N-ethyl adjacent to an activating group) is 1. The zero-order valence-corrected chi connectivity index (χ0v) is 17.0. The molecular formula is C20H26N4O3S. The molecule has 0 spiro atoms. The number of nitrogens with one attached hydrogen (secondary N) is 2. The van der Waals surface area contributed by atoms with Crippen molar-refractivity contribution in [1.29, 1.82) is 0 Å². The summed E-state index contributed by atoms with van der Waals surface area (Å²) in [6.07, 6.45) is 0. The lowest BCUT2D eigenvalue weighted by Gasteiger charge is -2.37. The van der Waals surface area contributed by atoms with Gasteiger partial charge in [-0.05, 0) is 53.7 Å². The molecule has 1 saturated heterocycles. The Bertz CT molecular complexity index is 771. The summed E-state index contributed by atoms with van der Waals surface area (Å²) >= 11 is 1.64. The Morgan fingerprint density at radius 1 is 1.11 bits per heavy atom. The van der Waals surface area contributed by atoms with Crippen molar-refractivity contribution in [3.05, 3.63) is 46.7 Å². The second-order valence-electron chi connectivity index (χ2n) is 6.80. The first-order valence-electron chi connectivity index (χ1n) is 9.24. The number of thiophene rings is 1. The molecule has 1 fully saturated rings. The number of rotatable bonds is 6. The highest BCUT2D eigenvalue weighted by atomic mass is 32.1. The van der Waals surface area contributed by atoms with E-state index in [-0.39, 0.29) is 6.04 Å². The smallest absolute Gasteiger partial charge is 0.313 e. The average Bonchev–Trinajstić information content (AvgIpc) is 3.24. The van der Waals surface area contributed by atoms with Crippen molar-refractivity contribution < 1.29 is 14.3 Å². The van der Waals surface area contributed by atoms with Gasteiger partial charge in [0.05, 0.1) is 13.2 Å². The first kappa shape index (κ1) is 20.3. The van der Waals surface area contributed by atoms with E-state index in [2.05, 4.69) is 38.9 Å². The average molecular weight is 403 g/mol. The van der Waals surface area contributed by atoms with E-state index in [1.54, 1.807) is 42.7 Å². The van der Waals surface area contributed by atoms with Crippen LogP contribution in [0.25, 0.3) is 0 Å². The van der Waals surface area contributed by atoms with Crippen LogP contribution in [0, 0.1) is 0 Å². The molecule has 0 unspecified atom stereocenters. The van der Waals surface area contributed by atoms with E-state index < -0.39 is 11.8 Å². The number of hydrogen-bond donors (Lipinski definition) is 2. The summed E-state index contributed by atoms with van der Waals surface area (Å²) in [4.78, 5) is 29.2. The van der Waals surface area contributed by atoms with E-state index in [9.17, 15) is 9.59 Å². The normalized spacial score (nSPS) is 16.4. The summed E-state index contributed by atoms with van der Waals surface area (Å²) in [5, 5.41) is 9.55. The van der Waals surface area contributed by atoms with Gasteiger partial charge >= 0.3 is 11.8 Å². The van der Waals surface area contributed by atoms with Crippen LogP contribution < -0.4 is 15.4 Å². The molecule has 8 heteroatoms. The molecule has 2 aromatic rings. The van der Waals surface area contributed by atoms with Crippen LogP contribution in [-0.4, -0.2) is 68.5 Å². The minimum atomic E-state index is -0.674. The molecule has 1 aromatic carbocycles. The number of anilines is 1. The largest absolute Gasteiger partial charge is 0.497 e. The van der Waals surface area contributed by atoms with Gasteiger partial charge in [0.2, 0.25) is 0 Å². The van der Waals surface area contributed by atoms with Crippen LogP contribution in [0.2, 0.25) is 0 Å². The molecule has 3 rings (SSSR count). The Labute approximate surface area is 169 Å². The molecule has 0 saturated carbocycles. The van der Waals surface area contributed by atoms with Crippen LogP contribution in [-0.2, 0) is 9.59 Å². The highest BCUT2D eigenvalue weighted by Crippen LogP contribution is 2.23. The summed E-state index contributed by atoms with van der Waals surface area (Å²) in [7, 11) is 3.69. The van der Waals surface area contributed by atoms with Crippen LogP contribution in [0.15, 0.2) is 41.1 Å². The lowest BCUT2D eigenvalue weighted by Crippen LogP contribution is -2.49. The van der Waals surface area contributed by atoms with Crippen LogP contribution in [0.4, 0.5) is 5.69 Å². The number of nitrogens with zero attached hydrogens (tertiary/aromatic N) is 2. The highest BCUT2D eigenvalue weighted by molar-refractivity contribution is 7.08. The lowest BCUT2D eigenvalue weighted by atomic mass is 10.1. The molecule has 1 atom stereocenters. The molecule has 2 heterocycles. The third-order valence-electron chi connectivity index (χ3n) is 4.92. The highest BCUT2D eigenvalue weighted by Gasteiger charge is 2.25. The van der Waals surface area contributed by atoms with Crippen LogP contribution >= 0.6 is 11.3 Å². The SMILES string of the molecule is COc1ccc(NC(=O)C(=O)NC[C@@H](c2ccsc2)N2CCN(C)CC2)cc1. The van der Waals surface area contributed by atoms with Gasteiger partial charge in [-0.15, -0.1) is 0 Å². The molecule has 0 aliphatic carbocycles. The topological polar surface area (TPSA) is 73.9 Å². The van der Waals surface area contributed by atoms with Crippen LogP contribution in [0.5, 0.6) is 5.75 Å². The van der Waals surface area contributed by atoms with Crippen molar-refractivity contribution in [2.75, 3.05) is 52.2 Å². The number of hydrogen-bond acceptors (Lipinski definition) is 6. The summed E-state index contributed by atoms with van der Waals surface area (Å²) in [5.74, 6) is -0.619. The van der Waals surface area contributed by atoms with E-state index in [0.717, 1.165) is 26.2 Å². The Morgan fingerprint density at radius 2 is 1.82 bits per heavy atom. The molecule has 1 aliphatic heterocycles. The van der Waals surface area contributed by atoms with Crippen molar-refractivity contribution in [2.24, 2.45) is 0 Å². The Balaban J connectivity index is 1.57. The van der Waals surface area contributed by atoms with Crippen LogP contribution in [0.3, 0.4) is 0 Å². The molecule has 2 N–H and O–H groups in total. The van der Waals surface area contributed by atoms with Gasteiger partial charge in [0.1, 0.15) is 5.75 Å². The van der Waals surface area contributed by atoms with Crippen molar-refractivity contribution in [3.8, 4) is 5.75 Å². The second-order valence-corrected chi connectivity index (χ2v) is 7.58. The molecule has 150 valence electrons. The summed E-state index contributed by atoms with van der Waals surface area (Å²) in [6.45, 7) is 4.25. The summed E-state index contributed by atoms with van der Waals surface area (Å²) in [5.41, 5.74) is 1.72. The first-order chi connectivity index (χ1) is 13.6. The maximum Gasteiger partial charge on any atom is 0.313 e. The fraction of sp³-hybridized carbons (Fsp3) is 0.400. The first-order valence-corrected chi connectivity index (χ1v) is 10.2. The monoisotopic (exact) mass is 402 g/mol. The van der Waals surface area contributed by atoms with E-state index >= 15 is 0 Å². The predicted molar refractivity (Wildman–Crippen MR) is 111 cm³/mol. The van der Waals surface area contributed by atoms with Gasteiger partial charge in [-0.1, -0.05) is 0 Å². The van der Waals surface area contributed by atoms with Gasteiger partial charge in [0.25, 0.3) is 0 Å². The van der Waals surface area contributed by atoms with Crippen molar-refractivity contribution >= 4 is 28.8 Å². The second kappa shape index (κ2) is 9.68.